The fourth-order valence-corrected chi connectivity index (χ4v) is 3.00. The lowest BCUT2D eigenvalue weighted by Gasteiger charge is -2.21. The van der Waals surface area contributed by atoms with Gasteiger partial charge >= 0.3 is 5.97 Å². The number of nitrogens with two attached hydrogens (primary N) is 1. The number of aliphatic hydroxyl groups excluding tert-OH is 1. The van der Waals surface area contributed by atoms with E-state index in [1.165, 1.54) is 6.92 Å². The molecule has 0 radical (unpaired) electrons. The van der Waals surface area contributed by atoms with Gasteiger partial charge in [-0.3, -0.25) is 14.7 Å². The highest BCUT2D eigenvalue weighted by Crippen LogP contribution is 2.52. The van der Waals surface area contributed by atoms with Gasteiger partial charge in [0.1, 0.15) is 30.6 Å². The number of hydrogen-bond acceptors (Lipinski definition) is 8. The Morgan fingerprint density at radius 2 is 2.44 bits per heavy atom. The van der Waals surface area contributed by atoms with Crippen molar-refractivity contribution in [3.63, 3.8) is 0 Å². The molecule has 4 rings (SSSR count). The van der Waals surface area contributed by atoms with Crippen molar-refractivity contribution in [2.75, 3.05) is 18.5 Å². The van der Waals surface area contributed by atoms with Gasteiger partial charge in [0.2, 0.25) is 0 Å². The minimum absolute atomic E-state index is 0.0636. The molecule has 9 heteroatoms. The van der Waals surface area contributed by atoms with E-state index in [4.69, 9.17) is 10.5 Å². The smallest absolute Gasteiger partial charge is 0.302 e. The Kier molecular flexibility index (Phi) is 3.77. The molecule has 2 unspecified atom stereocenters. The van der Waals surface area contributed by atoms with Crippen LogP contribution in [0.4, 0.5) is 5.82 Å². The molecule has 5 N–H and O–H groups in total. The Morgan fingerprint density at radius 3 is 3.12 bits per heavy atom. The summed E-state index contributed by atoms with van der Waals surface area (Å²) >= 11 is 0. The molecule has 0 spiro atoms. The summed E-state index contributed by atoms with van der Waals surface area (Å²) in [6, 6.07) is 0.477. The second-order valence-corrected chi connectivity index (χ2v) is 6.92. The van der Waals surface area contributed by atoms with Gasteiger partial charge in [-0.1, -0.05) is 0 Å². The lowest BCUT2D eigenvalue weighted by Crippen LogP contribution is -2.34. The Bertz CT molecular complexity index is 766. The first kappa shape index (κ1) is 16.1. The number of aliphatic hydroxyl groups is 1. The Balaban J connectivity index is 1.55. The summed E-state index contributed by atoms with van der Waals surface area (Å²) in [6.45, 7) is 1.48. The van der Waals surface area contributed by atoms with Crippen LogP contribution < -0.4 is 16.4 Å². The number of nitrogens with zero attached hydrogens (tertiary/aromatic N) is 3. The molecule has 9 nitrogen and oxygen atoms in total. The summed E-state index contributed by atoms with van der Waals surface area (Å²) < 4.78 is 6.92. The van der Waals surface area contributed by atoms with Crippen LogP contribution in [-0.2, 0) is 9.53 Å². The molecular weight excluding hydrogens is 324 g/mol. The lowest BCUT2D eigenvalue weighted by atomic mass is 10.1. The van der Waals surface area contributed by atoms with Crippen LogP contribution in [0, 0.1) is 5.41 Å². The van der Waals surface area contributed by atoms with Gasteiger partial charge in [-0.25, -0.2) is 9.98 Å². The normalized spacial score (nSPS) is 29.0. The van der Waals surface area contributed by atoms with E-state index in [1.54, 1.807) is 6.33 Å². The van der Waals surface area contributed by atoms with Gasteiger partial charge in [0.25, 0.3) is 0 Å². The number of imidazole rings is 1. The van der Waals surface area contributed by atoms with Crippen LogP contribution in [0.2, 0.25) is 0 Å². The third kappa shape index (κ3) is 3.12. The number of aliphatic imine (C=N–C) groups is 1. The van der Waals surface area contributed by atoms with E-state index in [0.717, 1.165) is 29.9 Å². The monoisotopic (exact) mass is 346 g/mol. The van der Waals surface area contributed by atoms with Crippen LogP contribution in [0.15, 0.2) is 16.9 Å². The van der Waals surface area contributed by atoms with Crippen molar-refractivity contribution in [1.82, 2.24) is 14.9 Å². The van der Waals surface area contributed by atoms with Crippen molar-refractivity contribution in [2.45, 2.75) is 38.4 Å². The average Bonchev–Trinajstić information content (AvgIpc) is 3.46. The maximum atomic E-state index is 11.0. The van der Waals surface area contributed by atoms with Gasteiger partial charge in [0.15, 0.2) is 5.96 Å². The number of anilines is 1. The largest absolute Gasteiger partial charge is 0.465 e. The molecule has 134 valence electrons. The minimum Gasteiger partial charge on any atom is -0.465 e. The number of carbonyl (C=O) groups is 1. The Hall–Kier alpha value is -2.39. The molecule has 0 saturated heterocycles. The third-order valence-electron chi connectivity index (χ3n) is 4.80. The molecule has 1 aromatic heterocycles. The summed E-state index contributed by atoms with van der Waals surface area (Å²) in [5.41, 5.74) is 7.23. The molecule has 2 fully saturated rings. The van der Waals surface area contributed by atoms with Gasteiger partial charge in [-0.2, -0.15) is 0 Å². The lowest BCUT2D eigenvalue weighted by molar-refractivity contribution is -0.143. The highest BCUT2D eigenvalue weighted by atomic mass is 16.5. The summed E-state index contributed by atoms with van der Waals surface area (Å²) in [4.78, 5) is 19.9. The van der Waals surface area contributed by atoms with Crippen LogP contribution >= 0.6 is 0 Å². The second kappa shape index (κ2) is 5.85. The Morgan fingerprint density at radius 1 is 1.64 bits per heavy atom. The van der Waals surface area contributed by atoms with Gasteiger partial charge in [-0.05, 0) is 24.8 Å². The summed E-state index contributed by atoms with van der Waals surface area (Å²) in [5.74, 6) is 0.762. The zero-order chi connectivity index (χ0) is 17.6. The third-order valence-corrected chi connectivity index (χ3v) is 4.80. The van der Waals surface area contributed by atoms with Crippen LogP contribution in [0.25, 0.3) is 6.20 Å². The second-order valence-electron chi connectivity index (χ2n) is 6.92. The number of carbonyl (C=O) groups excluding carboxylic acids is 1. The zero-order valence-corrected chi connectivity index (χ0v) is 14.0. The first-order chi connectivity index (χ1) is 12.0. The van der Waals surface area contributed by atoms with Crippen LogP contribution in [-0.4, -0.2) is 45.8 Å². The van der Waals surface area contributed by atoms with Crippen molar-refractivity contribution in [2.24, 2.45) is 16.1 Å². The zero-order valence-electron chi connectivity index (χ0n) is 14.0. The summed E-state index contributed by atoms with van der Waals surface area (Å²) in [7, 11) is 0. The molecule has 1 aliphatic heterocycles. The molecule has 1 aromatic rings. The minimum atomic E-state index is -0.483. The number of rotatable bonds is 6. The first-order valence-electron chi connectivity index (χ1n) is 8.39. The van der Waals surface area contributed by atoms with Gasteiger partial charge in [0.05, 0.1) is 12.0 Å². The molecule has 25 heavy (non-hydrogen) atoms. The predicted octanol–water partition coefficient (Wildman–Crippen LogP) is 0.160. The highest BCUT2D eigenvalue weighted by Gasteiger charge is 2.50. The molecule has 2 aliphatic carbocycles. The topological polar surface area (TPSA) is 127 Å². The van der Waals surface area contributed by atoms with E-state index < -0.39 is 5.41 Å². The molecule has 3 aliphatic rings. The quantitative estimate of drug-likeness (QED) is 0.540. The molecular formula is C16H22N6O3. The average molecular weight is 346 g/mol. The van der Waals surface area contributed by atoms with Gasteiger partial charge in [-0.15, -0.1) is 0 Å². The molecule has 0 amide bonds. The molecule has 0 aromatic carbocycles. The van der Waals surface area contributed by atoms with E-state index in [9.17, 15) is 9.90 Å². The van der Waals surface area contributed by atoms with Gasteiger partial charge < -0.3 is 20.9 Å². The number of hydrogen-bond donors (Lipinski definition) is 4. The summed E-state index contributed by atoms with van der Waals surface area (Å²) in [6.07, 6.45) is 6.34. The van der Waals surface area contributed by atoms with E-state index in [2.05, 4.69) is 20.6 Å². The van der Waals surface area contributed by atoms with Crippen molar-refractivity contribution >= 4 is 23.9 Å². The standard InChI is InChI=1S/C16H22N6O3/c1-9(24)25-7-16(6-23)4-10(16)5-22-8-18-12-13(19-11-2-3-11)20-15(17)21-14(12)22/h5,8,11,13,19,23H,2-4,6-7H2,1H3,(H3,17,20,21)/b10-5-. The van der Waals surface area contributed by atoms with E-state index in [0.29, 0.717) is 18.4 Å². The molecule has 0 bridgehead atoms. The van der Waals surface area contributed by atoms with E-state index in [1.807, 2.05) is 10.8 Å². The maximum Gasteiger partial charge on any atom is 0.302 e. The van der Waals surface area contributed by atoms with E-state index >= 15 is 0 Å². The number of esters is 1. The fraction of sp³-hybridized carbons (Fsp3) is 0.562. The van der Waals surface area contributed by atoms with Gasteiger partial charge in [0, 0.05) is 19.2 Å². The van der Waals surface area contributed by atoms with E-state index in [-0.39, 0.29) is 25.3 Å². The summed E-state index contributed by atoms with van der Waals surface area (Å²) in [5, 5.41) is 16.2. The maximum absolute atomic E-state index is 11.0. The molecule has 2 saturated carbocycles. The van der Waals surface area contributed by atoms with Crippen LogP contribution in [0.3, 0.4) is 0 Å². The number of fused-ring (bicyclic) bond motifs is 1. The van der Waals surface area contributed by atoms with Crippen LogP contribution in [0.1, 0.15) is 38.0 Å². The number of ether oxygens (including phenoxy) is 1. The van der Waals surface area contributed by atoms with Crippen LogP contribution in [0.5, 0.6) is 0 Å². The Labute approximate surface area is 145 Å². The number of guanidine groups is 1. The highest BCUT2D eigenvalue weighted by molar-refractivity contribution is 5.94. The first-order valence-corrected chi connectivity index (χ1v) is 8.39. The number of aromatic nitrogens is 2. The van der Waals surface area contributed by atoms with Crippen molar-refractivity contribution in [3.8, 4) is 0 Å². The number of nitrogens with one attached hydrogen (secondary N) is 2. The fourth-order valence-electron chi connectivity index (χ4n) is 3.00. The molecule has 2 heterocycles. The SMILES string of the molecule is CC(=O)OCC1(CO)C/C1=C/n1cnc2c1NC(N)=NC2NC1CC1. The van der Waals surface area contributed by atoms with Crippen molar-refractivity contribution in [3.05, 3.63) is 17.6 Å². The molecule has 2 atom stereocenters. The predicted molar refractivity (Wildman–Crippen MR) is 91.4 cm³/mol. The van der Waals surface area contributed by atoms with Crippen molar-refractivity contribution in [1.29, 1.82) is 0 Å². The van der Waals surface area contributed by atoms with Crippen molar-refractivity contribution < 1.29 is 14.6 Å².